The van der Waals surface area contributed by atoms with Gasteiger partial charge in [-0.3, -0.25) is 10.1 Å². The molecule has 1 heterocycles. The fourth-order valence-corrected chi connectivity index (χ4v) is 3.65. The molecule has 0 unspecified atom stereocenters. The molecule has 4 rings (SSSR count). The molecule has 0 fully saturated rings. The van der Waals surface area contributed by atoms with Gasteiger partial charge in [0.2, 0.25) is 0 Å². The van der Waals surface area contributed by atoms with Gasteiger partial charge in [0.05, 0.1) is 12.3 Å². The number of hydrogen-bond acceptors (Lipinski definition) is 4. The van der Waals surface area contributed by atoms with Crippen molar-refractivity contribution in [2.24, 2.45) is 0 Å². The summed E-state index contributed by atoms with van der Waals surface area (Å²) in [5, 5.41) is 7.41. The number of benzene rings is 3. The molecule has 0 saturated carbocycles. The molecule has 4 nitrogen and oxygen atoms in total. The fraction of sp³-hybridized carbons (Fsp3) is 0.0909. The predicted octanol–water partition coefficient (Wildman–Crippen LogP) is 5.61. The first-order chi connectivity index (χ1) is 13.2. The number of aromatic nitrogens is 1. The van der Waals surface area contributed by atoms with Crippen LogP contribution >= 0.6 is 11.3 Å². The molecule has 0 atom stereocenters. The van der Waals surface area contributed by atoms with Crippen molar-refractivity contribution < 1.29 is 9.53 Å². The van der Waals surface area contributed by atoms with Crippen molar-refractivity contribution in [2.75, 3.05) is 11.9 Å². The Hall–Kier alpha value is -3.18. The van der Waals surface area contributed by atoms with Gasteiger partial charge >= 0.3 is 0 Å². The number of thiazole rings is 1. The molecule has 0 radical (unpaired) electrons. The van der Waals surface area contributed by atoms with E-state index in [1.165, 1.54) is 11.3 Å². The van der Waals surface area contributed by atoms with Gasteiger partial charge in [-0.2, -0.15) is 0 Å². The number of fused-ring (bicyclic) bond motifs is 1. The van der Waals surface area contributed by atoms with Gasteiger partial charge in [-0.25, -0.2) is 4.98 Å². The molecule has 0 bridgehead atoms. The highest BCUT2D eigenvalue weighted by molar-refractivity contribution is 7.14. The molecule has 0 aliphatic rings. The maximum absolute atomic E-state index is 12.7. The first kappa shape index (κ1) is 17.2. The summed E-state index contributed by atoms with van der Waals surface area (Å²) in [6.45, 7) is 2.60. The van der Waals surface area contributed by atoms with Crippen LogP contribution < -0.4 is 10.1 Å². The summed E-state index contributed by atoms with van der Waals surface area (Å²) < 4.78 is 5.46. The highest BCUT2D eigenvalue weighted by Gasteiger charge is 2.12. The second-order valence-corrected chi connectivity index (χ2v) is 6.83. The molecule has 1 amide bonds. The Morgan fingerprint density at radius 2 is 1.81 bits per heavy atom. The zero-order valence-electron chi connectivity index (χ0n) is 14.8. The Morgan fingerprint density at radius 3 is 2.63 bits per heavy atom. The lowest BCUT2D eigenvalue weighted by Crippen LogP contribution is -2.12. The maximum Gasteiger partial charge on any atom is 0.258 e. The number of carbonyl (C=O) groups excluding carboxylic acids is 1. The third-order valence-electron chi connectivity index (χ3n) is 4.22. The predicted molar refractivity (Wildman–Crippen MR) is 111 cm³/mol. The normalized spacial score (nSPS) is 10.7. The molecular weight excluding hydrogens is 356 g/mol. The van der Waals surface area contributed by atoms with E-state index in [1.54, 1.807) is 0 Å². The smallest absolute Gasteiger partial charge is 0.258 e. The summed E-state index contributed by atoms with van der Waals surface area (Å²) in [6.07, 6.45) is 0. The van der Waals surface area contributed by atoms with E-state index in [0.717, 1.165) is 27.8 Å². The van der Waals surface area contributed by atoms with Crippen molar-refractivity contribution in [2.45, 2.75) is 6.92 Å². The third-order valence-corrected chi connectivity index (χ3v) is 4.98. The molecule has 0 aliphatic carbocycles. The van der Waals surface area contributed by atoms with Crippen molar-refractivity contribution in [1.29, 1.82) is 0 Å². The molecule has 1 aromatic heterocycles. The van der Waals surface area contributed by atoms with E-state index in [2.05, 4.69) is 10.3 Å². The number of ether oxygens (including phenoxy) is 1. The summed E-state index contributed by atoms with van der Waals surface area (Å²) in [6, 6.07) is 21.4. The Bertz CT molecular complexity index is 1080. The fourth-order valence-electron chi connectivity index (χ4n) is 2.94. The third kappa shape index (κ3) is 3.68. The lowest BCUT2D eigenvalue weighted by Gasteiger charge is -2.06. The van der Waals surface area contributed by atoms with E-state index in [4.69, 9.17) is 4.74 Å². The van der Waals surface area contributed by atoms with E-state index >= 15 is 0 Å². The molecule has 4 aromatic rings. The quantitative estimate of drug-likeness (QED) is 0.494. The molecule has 1 N–H and O–H groups in total. The van der Waals surface area contributed by atoms with Crippen LogP contribution in [0.4, 0.5) is 5.13 Å². The van der Waals surface area contributed by atoms with Crippen LogP contribution in [0, 0.1) is 0 Å². The molecule has 134 valence electrons. The largest absolute Gasteiger partial charge is 0.494 e. The van der Waals surface area contributed by atoms with Crippen LogP contribution in [0.1, 0.15) is 17.3 Å². The van der Waals surface area contributed by atoms with Crippen LogP contribution in [0.25, 0.3) is 22.0 Å². The van der Waals surface area contributed by atoms with Gasteiger partial charge in [-0.1, -0.05) is 36.4 Å². The highest BCUT2D eigenvalue weighted by Crippen LogP contribution is 2.27. The molecular formula is C22H18N2O2S. The summed E-state index contributed by atoms with van der Waals surface area (Å²) in [7, 11) is 0. The van der Waals surface area contributed by atoms with Crippen LogP contribution in [-0.2, 0) is 0 Å². The summed E-state index contributed by atoms with van der Waals surface area (Å²) in [4.78, 5) is 17.3. The maximum atomic E-state index is 12.7. The lowest BCUT2D eigenvalue weighted by atomic mass is 10.0. The van der Waals surface area contributed by atoms with E-state index in [9.17, 15) is 4.79 Å². The first-order valence-corrected chi connectivity index (χ1v) is 9.60. The average molecular weight is 374 g/mol. The summed E-state index contributed by atoms with van der Waals surface area (Å²) in [5.41, 5.74) is 2.46. The number of anilines is 1. The van der Waals surface area contributed by atoms with Gasteiger partial charge in [-0.05, 0) is 48.0 Å². The Kier molecular flexibility index (Phi) is 4.85. The Balaban J connectivity index is 1.54. The number of amides is 1. The standard InChI is InChI=1S/C22H18N2O2S/c1-2-26-17-12-10-16(11-13-17)20-14-27-22(23-20)24-21(25)19-9-5-7-15-6-3-4-8-18(15)19/h3-14H,2H2,1H3,(H,23,24,25). The highest BCUT2D eigenvalue weighted by atomic mass is 32.1. The SMILES string of the molecule is CCOc1ccc(-c2csc(NC(=O)c3cccc4ccccc34)n2)cc1. The van der Waals surface area contributed by atoms with E-state index in [-0.39, 0.29) is 5.91 Å². The molecule has 3 aromatic carbocycles. The van der Waals surface area contributed by atoms with Crippen LogP contribution in [0.5, 0.6) is 5.75 Å². The van der Waals surface area contributed by atoms with Gasteiger partial charge in [0.15, 0.2) is 5.13 Å². The van der Waals surface area contributed by atoms with Crippen LogP contribution in [0.2, 0.25) is 0 Å². The van der Waals surface area contributed by atoms with Crippen molar-refractivity contribution in [3.8, 4) is 17.0 Å². The molecule has 0 spiro atoms. The molecule has 27 heavy (non-hydrogen) atoms. The van der Waals surface area contributed by atoms with Crippen molar-refractivity contribution in [3.05, 3.63) is 77.7 Å². The minimum Gasteiger partial charge on any atom is -0.494 e. The Morgan fingerprint density at radius 1 is 1.04 bits per heavy atom. The van der Waals surface area contributed by atoms with Gasteiger partial charge in [-0.15, -0.1) is 11.3 Å². The van der Waals surface area contributed by atoms with Gasteiger partial charge < -0.3 is 4.74 Å². The number of hydrogen-bond donors (Lipinski definition) is 1. The monoisotopic (exact) mass is 374 g/mol. The molecule has 0 saturated heterocycles. The zero-order chi connectivity index (χ0) is 18.6. The van der Waals surface area contributed by atoms with Gasteiger partial charge in [0.25, 0.3) is 5.91 Å². The molecule has 5 heteroatoms. The topological polar surface area (TPSA) is 51.2 Å². The van der Waals surface area contributed by atoms with E-state index < -0.39 is 0 Å². The lowest BCUT2D eigenvalue weighted by molar-refractivity contribution is 0.102. The second-order valence-electron chi connectivity index (χ2n) is 5.98. The van der Waals surface area contributed by atoms with Gasteiger partial charge in [0, 0.05) is 16.5 Å². The van der Waals surface area contributed by atoms with Crippen molar-refractivity contribution in [3.63, 3.8) is 0 Å². The summed E-state index contributed by atoms with van der Waals surface area (Å²) in [5.74, 6) is 0.681. The average Bonchev–Trinajstić information content (AvgIpc) is 3.17. The minimum atomic E-state index is -0.153. The van der Waals surface area contributed by atoms with E-state index in [0.29, 0.717) is 17.3 Å². The number of rotatable bonds is 5. The number of nitrogens with zero attached hydrogens (tertiary/aromatic N) is 1. The van der Waals surface area contributed by atoms with Crippen molar-refractivity contribution >= 4 is 33.1 Å². The first-order valence-electron chi connectivity index (χ1n) is 8.72. The van der Waals surface area contributed by atoms with E-state index in [1.807, 2.05) is 79.0 Å². The van der Waals surface area contributed by atoms with Crippen molar-refractivity contribution in [1.82, 2.24) is 4.98 Å². The van der Waals surface area contributed by atoms with Crippen LogP contribution in [0.15, 0.2) is 72.1 Å². The Labute approximate surface area is 161 Å². The zero-order valence-corrected chi connectivity index (χ0v) is 15.6. The number of carbonyl (C=O) groups is 1. The van der Waals surface area contributed by atoms with Crippen LogP contribution in [-0.4, -0.2) is 17.5 Å². The number of nitrogens with one attached hydrogen (secondary N) is 1. The second kappa shape index (κ2) is 7.60. The summed E-state index contributed by atoms with van der Waals surface area (Å²) >= 11 is 1.41. The van der Waals surface area contributed by atoms with Gasteiger partial charge in [0.1, 0.15) is 5.75 Å². The minimum absolute atomic E-state index is 0.153. The van der Waals surface area contributed by atoms with Crippen LogP contribution in [0.3, 0.4) is 0 Å². The molecule has 0 aliphatic heterocycles.